The third-order valence-electron chi connectivity index (χ3n) is 6.57. The first-order valence-corrected chi connectivity index (χ1v) is 14.3. The van der Waals surface area contributed by atoms with E-state index < -0.39 is 27.8 Å². The first-order chi connectivity index (χ1) is 19.2. The summed E-state index contributed by atoms with van der Waals surface area (Å²) < 4.78 is 29.2. The average Bonchev–Trinajstić information content (AvgIpc) is 3.31. The van der Waals surface area contributed by atoms with Crippen molar-refractivity contribution in [2.45, 2.75) is 24.3 Å². The zero-order chi connectivity index (χ0) is 28.4. The molecule has 0 aliphatic rings. The number of aromatic nitrogens is 1. The highest BCUT2D eigenvalue weighted by molar-refractivity contribution is 7.93. The summed E-state index contributed by atoms with van der Waals surface area (Å²) in [6, 6.07) is 27.1. The molecule has 0 fully saturated rings. The van der Waals surface area contributed by atoms with Gasteiger partial charge in [-0.2, -0.15) is 4.31 Å². The van der Waals surface area contributed by atoms with Gasteiger partial charge in [0, 0.05) is 21.5 Å². The smallest absolute Gasteiger partial charge is 0.271 e. The number of benzene rings is 4. The molecule has 0 aliphatic carbocycles. The summed E-state index contributed by atoms with van der Waals surface area (Å²) in [5.74, 6) is -1.36. The van der Waals surface area contributed by atoms with Crippen LogP contribution in [0.25, 0.3) is 10.9 Å². The number of carbonyl (C=O) groups excluding carboxylic acids is 2. The number of anilines is 1. The fraction of sp³-hybridized carbons (Fsp3) is 0.0968. The lowest BCUT2D eigenvalue weighted by Crippen LogP contribution is -2.48. The maximum Gasteiger partial charge on any atom is 0.271 e. The zero-order valence-corrected chi connectivity index (χ0v) is 23.1. The van der Waals surface area contributed by atoms with Crippen LogP contribution in [0.1, 0.15) is 27.2 Å². The van der Waals surface area contributed by atoms with Gasteiger partial charge in [0.15, 0.2) is 0 Å². The average molecular weight is 572 g/mol. The van der Waals surface area contributed by atoms with E-state index in [1.165, 1.54) is 12.1 Å². The van der Waals surface area contributed by atoms with Gasteiger partial charge in [0.05, 0.1) is 16.6 Å². The largest absolute Gasteiger partial charge is 0.350 e. The van der Waals surface area contributed by atoms with Crippen molar-refractivity contribution in [3.8, 4) is 0 Å². The number of fused-ring (bicyclic) bond motifs is 1. The predicted octanol–water partition coefficient (Wildman–Crippen LogP) is 5.65. The number of sulfonamides is 1. The van der Waals surface area contributed by atoms with E-state index in [1.54, 1.807) is 60.7 Å². The highest BCUT2D eigenvalue weighted by Gasteiger charge is 2.39. The van der Waals surface area contributed by atoms with Crippen LogP contribution < -0.4 is 10.0 Å². The number of hydrogen-bond acceptors (Lipinski definition) is 5. The Morgan fingerprint density at radius 1 is 0.900 bits per heavy atom. The third-order valence-corrected chi connectivity index (χ3v) is 8.52. The quantitative estimate of drug-likeness (QED) is 0.234. The molecule has 0 saturated heterocycles. The molecule has 1 heterocycles. The van der Waals surface area contributed by atoms with Crippen molar-refractivity contribution in [2.24, 2.45) is 5.73 Å². The highest BCUT2D eigenvalue weighted by Crippen LogP contribution is 2.38. The van der Waals surface area contributed by atoms with E-state index in [2.05, 4.69) is 4.98 Å². The fourth-order valence-corrected chi connectivity index (χ4v) is 6.20. The van der Waals surface area contributed by atoms with Gasteiger partial charge in [0.1, 0.15) is 5.69 Å². The minimum Gasteiger partial charge on any atom is -0.350 e. The number of halogens is 1. The van der Waals surface area contributed by atoms with Gasteiger partial charge in [-0.15, -0.1) is 0 Å². The van der Waals surface area contributed by atoms with E-state index in [4.69, 9.17) is 17.3 Å². The minimum atomic E-state index is -4.52. The summed E-state index contributed by atoms with van der Waals surface area (Å²) in [7, 11) is -4.52. The van der Waals surface area contributed by atoms with Gasteiger partial charge in [-0.3, -0.25) is 9.59 Å². The van der Waals surface area contributed by atoms with Crippen LogP contribution in [0.15, 0.2) is 108 Å². The maximum atomic E-state index is 14.3. The molecule has 5 aromatic rings. The van der Waals surface area contributed by atoms with E-state index in [-0.39, 0.29) is 22.7 Å². The Morgan fingerprint density at radius 3 is 2.17 bits per heavy atom. The van der Waals surface area contributed by atoms with Crippen LogP contribution in [-0.2, 0) is 21.2 Å². The number of hydrogen-bond donors (Lipinski definition) is 2. The molecular formula is C31H26ClN3O4S. The molecule has 0 spiro atoms. The van der Waals surface area contributed by atoms with Crippen molar-refractivity contribution in [2.75, 3.05) is 4.31 Å². The standard InChI is InChI=1S/C31H26ClN3O4S/c1-20-12-15-24(16-13-20)40(38,39)35(31(37)26(33)18-21-8-4-2-5-9-21)29-25-17-14-23(32)19-27(25)34-28(29)30(36)22-10-6-3-7-11-22/h2-17,19,26,34H,18,33H2,1H3/t26-/m0/s1. The second kappa shape index (κ2) is 11.1. The molecule has 4 aromatic carbocycles. The Hall–Kier alpha value is -4.24. The summed E-state index contributed by atoms with van der Waals surface area (Å²) in [5, 5.41) is 0.707. The predicted molar refractivity (Wildman–Crippen MR) is 157 cm³/mol. The first-order valence-electron chi connectivity index (χ1n) is 12.5. The van der Waals surface area contributed by atoms with Crippen LogP contribution in [-0.4, -0.2) is 31.1 Å². The Morgan fingerprint density at radius 2 is 1.52 bits per heavy atom. The highest BCUT2D eigenvalue weighted by atomic mass is 35.5. The maximum absolute atomic E-state index is 14.3. The Kier molecular flexibility index (Phi) is 7.58. The SMILES string of the molecule is Cc1ccc(S(=O)(=O)N(C(=O)[C@@H](N)Cc2ccccc2)c2c(C(=O)c3ccccc3)[nH]c3cc(Cl)ccc23)cc1. The van der Waals surface area contributed by atoms with Crippen molar-refractivity contribution < 1.29 is 18.0 Å². The number of amides is 1. The van der Waals surface area contributed by atoms with Gasteiger partial charge >= 0.3 is 0 Å². The number of aromatic amines is 1. The summed E-state index contributed by atoms with van der Waals surface area (Å²) in [5.41, 5.74) is 8.54. The summed E-state index contributed by atoms with van der Waals surface area (Å²) in [6.45, 7) is 1.83. The summed E-state index contributed by atoms with van der Waals surface area (Å²) in [4.78, 5) is 30.8. The fourth-order valence-electron chi connectivity index (χ4n) is 4.53. The number of ketones is 1. The molecule has 0 bridgehead atoms. The van der Waals surface area contributed by atoms with Crippen molar-refractivity contribution in [3.63, 3.8) is 0 Å². The zero-order valence-electron chi connectivity index (χ0n) is 21.5. The molecule has 0 unspecified atom stereocenters. The molecule has 1 aromatic heterocycles. The second-order valence-electron chi connectivity index (χ2n) is 9.45. The molecule has 7 nitrogen and oxygen atoms in total. The molecule has 0 saturated carbocycles. The van der Waals surface area contributed by atoms with E-state index in [9.17, 15) is 18.0 Å². The number of rotatable bonds is 8. The molecule has 5 rings (SSSR count). The van der Waals surface area contributed by atoms with Crippen LogP contribution in [0.3, 0.4) is 0 Å². The molecule has 9 heteroatoms. The molecule has 202 valence electrons. The monoisotopic (exact) mass is 571 g/mol. The van der Waals surface area contributed by atoms with Crippen LogP contribution in [0.4, 0.5) is 5.69 Å². The van der Waals surface area contributed by atoms with E-state index >= 15 is 0 Å². The number of nitrogens with zero attached hydrogens (tertiary/aromatic N) is 1. The molecule has 0 aliphatic heterocycles. The molecule has 40 heavy (non-hydrogen) atoms. The van der Waals surface area contributed by atoms with Crippen LogP contribution in [0, 0.1) is 6.92 Å². The van der Waals surface area contributed by atoms with Gasteiger partial charge in [-0.25, -0.2) is 8.42 Å². The molecule has 1 atom stereocenters. The van der Waals surface area contributed by atoms with Gasteiger partial charge < -0.3 is 10.7 Å². The summed E-state index contributed by atoms with van der Waals surface area (Å²) >= 11 is 6.24. The van der Waals surface area contributed by atoms with Gasteiger partial charge in [-0.05, 0) is 49.2 Å². The molecular weight excluding hydrogens is 546 g/mol. The topological polar surface area (TPSA) is 113 Å². The molecule has 3 N–H and O–H groups in total. The summed E-state index contributed by atoms with van der Waals surface area (Å²) in [6.07, 6.45) is 0.0930. The lowest BCUT2D eigenvalue weighted by atomic mass is 10.0. The first kappa shape index (κ1) is 27.3. The van der Waals surface area contributed by atoms with Gasteiger partial charge in [0.2, 0.25) is 5.78 Å². The number of carbonyl (C=O) groups is 2. The van der Waals surface area contributed by atoms with Gasteiger partial charge in [0.25, 0.3) is 15.9 Å². The van der Waals surface area contributed by atoms with Crippen molar-refractivity contribution in [1.29, 1.82) is 0 Å². The number of nitrogens with two attached hydrogens (primary N) is 1. The lowest BCUT2D eigenvalue weighted by Gasteiger charge is -2.26. The Balaban J connectivity index is 1.75. The number of nitrogens with one attached hydrogen (secondary N) is 1. The molecule has 0 radical (unpaired) electrons. The van der Waals surface area contributed by atoms with E-state index in [0.29, 0.717) is 25.8 Å². The second-order valence-corrected chi connectivity index (χ2v) is 11.7. The normalized spacial score (nSPS) is 12.3. The van der Waals surface area contributed by atoms with E-state index in [0.717, 1.165) is 11.1 Å². The number of aryl methyl sites for hydroxylation is 1. The lowest BCUT2D eigenvalue weighted by molar-refractivity contribution is -0.118. The van der Waals surface area contributed by atoms with Crippen molar-refractivity contribution in [3.05, 3.63) is 131 Å². The molecule has 1 amide bonds. The van der Waals surface area contributed by atoms with Crippen LogP contribution in [0.2, 0.25) is 5.02 Å². The Bertz CT molecular complexity index is 1800. The van der Waals surface area contributed by atoms with E-state index in [1.807, 2.05) is 37.3 Å². The van der Waals surface area contributed by atoms with Crippen LogP contribution in [0.5, 0.6) is 0 Å². The Labute approximate surface area is 237 Å². The minimum absolute atomic E-state index is 0.0700. The van der Waals surface area contributed by atoms with Gasteiger partial charge in [-0.1, -0.05) is 90.0 Å². The van der Waals surface area contributed by atoms with Crippen LogP contribution >= 0.6 is 11.6 Å². The van der Waals surface area contributed by atoms with Crippen molar-refractivity contribution in [1.82, 2.24) is 4.98 Å². The van der Waals surface area contributed by atoms with Crippen molar-refractivity contribution >= 4 is 49.9 Å². The third kappa shape index (κ3) is 5.29. The number of H-pyrrole nitrogens is 1.